The Morgan fingerprint density at radius 1 is 1.44 bits per heavy atom. The van der Waals surface area contributed by atoms with E-state index in [-0.39, 0.29) is 5.91 Å². The minimum absolute atomic E-state index is 0.166. The highest BCUT2D eigenvalue weighted by molar-refractivity contribution is 5.75. The fourth-order valence-corrected chi connectivity index (χ4v) is 2.00. The summed E-state index contributed by atoms with van der Waals surface area (Å²) in [5, 5.41) is 3.31. The maximum Gasteiger partial charge on any atom is 0.222 e. The second-order valence-electron chi connectivity index (χ2n) is 4.76. The monoisotopic (exact) mass is 248 g/mol. The van der Waals surface area contributed by atoms with Gasteiger partial charge < -0.3 is 15.0 Å². The highest BCUT2D eigenvalue weighted by atomic mass is 16.5. The van der Waals surface area contributed by atoms with E-state index in [0.717, 1.165) is 25.3 Å². The van der Waals surface area contributed by atoms with Crippen molar-refractivity contribution >= 4 is 5.91 Å². The van der Waals surface area contributed by atoms with Crippen LogP contribution in [0.25, 0.3) is 0 Å². The number of nitrogens with one attached hydrogen (secondary N) is 1. The Morgan fingerprint density at radius 2 is 2.28 bits per heavy atom. The van der Waals surface area contributed by atoms with E-state index in [1.165, 1.54) is 11.1 Å². The van der Waals surface area contributed by atoms with E-state index in [9.17, 15) is 4.79 Å². The highest BCUT2D eigenvalue weighted by Gasteiger charge is 2.10. The normalized spacial score (nSPS) is 14.3. The minimum atomic E-state index is 0.166. The molecule has 4 heteroatoms. The fourth-order valence-electron chi connectivity index (χ4n) is 2.00. The number of fused-ring (bicyclic) bond motifs is 1. The molecule has 0 fully saturated rings. The summed E-state index contributed by atoms with van der Waals surface area (Å²) in [6.07, 6.45) is 1.34. The molecule has 2 rings (SSSR count). The zero-order valence-corrected chi connectivity index (χ0v) is 11.0. The first-order valence-corrected chi connectivity index (χ1v) is 6.32. The predicted octanol–water partition coefficient (Wildman–Crippen LogP) is 1.19. The van der Waals surface area contributed by atoms with Crippen molar-refractivity contribution in [3.8, 4) is 5.75 Å². The van der Waals surface area contributed by atoms with E-state index in [2.05, 4.69) is 11.4 Å². The van der Waals surface area contributed by atoms with E-state index < -0.39 is 0 Å². The maximum atomic E-state index is 11.5. The number of aryl methyl sites for hydroxylation is 1. The molecule has 0 radical (unpaired) electrons. The Labute approximate surface area is 108 Å². The summed E-state index contributed by atoms with van der Waals surface area (Å²) in [6.45, 7) is 2.43. The molecule has 18 heavy (non-hydrogen) atoms. The Balaban J connectivity index is 2.02. The Kier molecular flexibility index (Phi) is 4.20. The summed E-state index contributed by atoms with van der Waals surface area (Å²) in [5.74, 6) is 1.13. The van der Waals surface area contributed by atoms with Crippen LogP contribution < -0.4 is 10.1 Å². The van der Waals surface area contributed by atoms with Gasteiger partial charge in [0.05, 0.1) is 0 Å². The van der Waals surface area contributed by atoms with Gasteiger partial charge in [0.15, 0.2) is 0 Å². The molecule has 0 unspecified atom stereocenters. The SMILES string of the molecule is CN(C)C(=O)CCc1ccc2c(c1)CNCCO2. The van der Waals surface area contributed by atoms with Crippen molar-refractivity contribution in [3.63, 3.8) is 0 Å². The molecule has 1 aromatic carbocycles. The van der Waals surface area contributed by atoms with Crippen molar-refractivity contribution in [2.75, 3.05) is 27.2 Å². The second kappa shape index (κ2) is 5.87. The highest BCUT2D eigenvalue weighted by Crippen LogP contribution is 2.22. The molecule has 0 aromatic heterocycles. The predicted molar refractivity (Wildman–Crippen MR) is 70.7 cm³/mol. The molecule has 0 saturated heterocycles. The van der Waals surface area contributed by atoms with Gasteiger partial charge in [0, 0.05) is 39.2 Å². The lowest BCUT2D eigenvalue weighted by Gasteiger charge is -2.11. The van der Waals surface area contributed by atoms with Gasteiger partial charge in [-0.3, -0.25) is 4.79 Å². The largest absolute Gasteiger partial charge is 0.492 e. The van der Waals surface area contributed by atoms with E-state index in [1.807, 2.05) is 12.1 Å². The molecule has 1 amide bonds. The van der Waals surface area contributed by atoms with Crippen LogP contribution in [-0.4, -0.2) is 38.1 Å². The fraction of sp³-hybridized carbons (Fsp3) is 0.500. The molecule has 0 atom stereocenters. The molecule has 98 valence electrons. The van der Waals surface area contributed by atoms with Crippen LogP contribution in [0.1, 0.15) is 17.5 Å². The zero-order valence-electron chi connectivity index (χ0n) is 11.0. The molecular weight excluding hydrogens is 228 g/mol. The second-order valence-corrected chi connectivity index (χ2v) is 4.76. The number of benzene rings is 1. The average molecular weight is 248 g/mol. The van der Waals surface area contributed by atoms with Crippen molar-refractivity contribution in [2.24, 2.45) is 0 Å². The van der Waals surface area contributed by atoms with Crippen LogP contribution in [0.2, 0.25) is 0 Å². The quantitative estimate of drug-likeness (QED) is 0.873. The van der Waals surface area contributed by atoms with Crippen LogP contribution in [0, 0.1) is 0 Å². The van der Waals surface area contributed by atoms with Gasteiger partial charge in [-0.15, -0.1) is 0 Å². The Morgan fingerprint density at radius 3 is 3.06 bits per heavy atom. The molecule has 1 heterocycles. The average Bonchev–Trinajstić information content (AvgIpc) is 2.60. The van der Waals surface area contributed by atoms with Crippen LogP contribution in [0.3, 0.4) is 0 Å². The first kappa shape index (κ1) is 12.9. The van der Waals surface area contributed by atoms with Crippen molar-refractivity contribution in [1.29, 1.82) is 0 Å². The van der Waals surface area contributed by atoms with Crippen molar-refractivity contribution in [1.82, 2.24) is 10.2 Å². The summed E-state index contributed by atoms with van der Waals surface area (Å²) in [6, 6.07) is 6.20. The lowest BCUT2D eigenvalue weighted by atomic mass is 10.0. The van der Waals surface area contributed by atoms with E-state index in [0.29, 0.717) is 13.0 Å². The van der Waals surface area contributed by atoms with Crippen LogP contribution in [0.5, 0.6) is 5.75 Å². The third kappa shape index (κ3) is 3.23. The summed E-state index contributed by atoms with van der Waals surface area (Å²) < 4.78 is 5.63. The number of hydrogen-bond acceptors (Lipinski definition) is 3. The summed E-state index contributed by atoms with van der Waals surface area (Å²) in [7, 11) is 3.58. The topological polar surface area (TPSA) is 41.6 Å². The lowest BCUT2D eigenvalue weighted by Crippen LogP contribution is -2.21. The lowest BCUT2D eigenvalue weighted by molar-refractivity contribution is -0.128. The van der Waals surface area contributed by atoms with E-state index >= 15 is 0 Å². The van der Waals surface area contributed by atoms with Crippen molar-refractivity contribution < 1.29 is 9.53 Å². The molecular formula is C14H20N2O2. The van der Waals surface area contributed by atoms with Crippen LogP contribution in [-0.2, 0) is 17.8 Å². The summed E-state index contributed by atoms with van der Waals surface area (Å²) in [5.41, 5.74) is 2.37. The molecule has 1 aromatic rings. The molecule has 0 bridgehead atoms. The number of amides is 1. The number of carbonyl (C=O) groups is 1. The number of nitrogens with zero attached hydrogens (tertiary/aromatic N) is 1. The first-order chi connectivity index (χ1) is 8.66. The van der Waals surface area contributed by atoms with Crippen LogP contribution in [0.4, 0.5) is 0 Å². The maximum absolute atomic E-state index is 11.5. The first-order valence-electron chi connectivity index (χ1n) is 6.32. The van der Waals surface area contributed by atoms with E-state index in [1.54, 1.807) is 19.0 Å². The molecule has 1 aliphatic heterocycles. The smallest absolute Gasteiger partial charge is 0.222 e. The third-order valence-corrected chi connectivity index (χ3v) is 3.10. The zero-order chi connectivity index (χ0) is 13.0. The standard InChI is InChI=1S/C14H20N2O2/c1-16(2)14(17)6-4-11-3-5-13-12(9-11)10-15-7-8-18-13/h3,5,9,15H,4,6-8,10H2,1-2H3. The van der Waals surface area contributed by atoms with Crippen molar-refractivity contribution in [3.05, 3.63) is 29.3 Å². The number of hydrogen-bond donors (Lipinski definition) is 1. The van der Waals surface area contributed by atoms with Gasteiger partial charge in [0.1, 0.15) is 12.4 Å². The molecule has 1 N–H and O–H groups in total. The minimum Gasteiger partial charge on any atom is -0.492 e. The molecule has 4 nitrogen and oxygen atoms in total. The number of ether oxygens (including phenoxy) is 1. The van der Waals surface area contributed by atoms with Crippen molar-refractivity contribution in [2.45, 2.75) is 19.4 Å². The van der Waals surface area contributed by atoms with Gasteiger partial charge in [-0.1, -0.05) is 12.1 Å². The Bertz CT molecular complexity index is 430. The summed E-state index contributed by atoms with van der Waals surface area (Å²) >= 11 is 0. The summed E-state index contributed by atoms with van der Waals surface area (Å²) in [4.78, 5) is 13.2. The van der Waals surface area contributed by atoms with Gasteiger partial charge in [-0.2, -0.15) is 0 Å². The Hall–Kier alpha value is -1.55. The van der Waals surface area contributed by atoms with Gasteiger partial charge in [-0.05, 0) is 18.1 Å². The molecule has 1 aliphatic rings. The van der Waals surface area contributed by atoms with Crippen LogP contribution >= 0.6 is 0 Å². The molecule has 0 saturated carbocycles. The van der Waals surface area contributed by atoms with Crippen LogP contribution in [0.15, 0.2) is 18.2 Å². The number of rotatable bonds is 3. The number of carbonyl (C=O) groups excluding carboxylic acids is 1. The molecule has 0 aliphatic carbocycles. The van der Waals surface area contributed by atoms with Gasteiger partial charge >= 0.3 is 0 Å². The van der Waals surface area contributed by atoms with E-state index in [4.69, 9.17) is 4.74 Å². The molecule has 0 spiro atoms. The van der Waals surface area contributed by atoms with Gasteiger partial charge in [0.25, 0.3) is 0 Å². The van der Waals surface area contributed by atoms with Gasteiger partial charge in [-0.25, -0.2) is 0 Å². The van der Waals surface area contributed by atoms with Gasteiger partial charge in [0.2, 0.25) is 5.91 Å². The third-order valence-electron chi connectivity index (χ3n) is 3.10.